The number of halogens is 3. The number of anilines is 2. The van der Waals surface area contributed by atoms with E-state index >= 15 is 0 Å². The number of aliphatic hydroxyl groups excluding tert-OH is 1. The van der Waals surface area contributed by atoms with Gasteiger partial charge in [-0.1, -0.05) is 13.8 Å². The summed E-state index contributed by atoms with van der Waals surface area (Å²) in [5.74, 6) is -1.03. The zero-order chi connectivity index (χ0) is 15.3. The molecule has 0 saturated carbocycles. The molecule has 114 valence electrons. The average Bonchev–Trinajstić information content (AvgIpc) is 2.34. The zero-order valence-electron chi connectivity index (χ0n) is 11.6. The fraction of sp³-hybridized carbons (Fsp3) is 0.667. The highest BCUT2D eigenvalue weighted by Gasteiger charge is 2.35. The number of nitrogens with one attached hydrogen (secondary N) is 2. The summed E-state index contributed by atoms with van der Waals surface area (Å²) in [7, 11) is 0. The van der Waals surface area contributed by atoms with Gasteiger partial charge in [-0.05, 0) is 12.8 Å². The summed E-state index contributed by atoms with van der Waals surface area (Å²) in [5.41, 5.74) is 0. The lowest BCUT2D eigenvalue weighted by atomic mass is 10.1. The molecule has 0 saturated heterocycles. The maximum absolute atomic E-state index is 12.7. The Kier molecular flexibility index (Phi) is 5.55. The molecule has 1 unspecified atom stereocenters. The standard InChI is InChI=1S/C12H19F3N4O/c1-4-16-9-5-10(17-8(6-20)7(2)3)19-11(18-9)12(13,14)15/h5,7-8,20H,4,6H2,1-3H3,(H2,16,17,18,19). The molecule has 0 spiro atoms. The molecule has 0 radical (unpaired) electrons. The van der Waals surface area contributed by atoms with E-state index in [1.54, 1.807) is 6.92 Å². The van der Waals surface area contributed by atoms with Crippen LogP contribution in [-0.2, 0) is 6.18 Å². The predicted molar refractivity (Wildman–Crippen MR) is 70.5 cm³/mol. The van der Waals surface area contributed by atoms with Crippen LogP contribution >= 0.6 is 0 Å². The fourth-order valence-electron chi connectivity index (χ4n) is 1.53. The minimum absolute atomic E-state index is 0.0380. The van der Waals surface area contributed by atoms with Crippen LogP contribution in [0, 0.1) is 5.92 Å². The topological polar surface area (TPSA) is 70.1 Å². The lowest BCUT2D eigenvalue weighted by Crippen LogP contribution is -2.30. The SMILES string of the molecule is CCNc1cc(NC(CO)C(C)C)nc(C(F)(F)F)n1. The largest absolute Gasteiger partial charge is 0.451 e. The van der Waals surface area contributed by atoms with E-state index in [0.29, 0.717) is 6.54 Å². The van der Waals surface area contributed by atoms with Crippen LogP contribution in [0.1, 0.15) is 26.6 Å². The molecular weight excluding hydrogens is 273 g/mol. The minimum atomic E-state index is -4.62. The predicted octanol–water partition coefficient (Wildman–Crippen LogP) is 2.36. The molecule has 1 aromatic rings. The van der Waals surface area contributed by atoms with Crippen molar-refractivity contribution in [3.8, 4) is 0 Å². The Hall–Kier alpha value is -1.57. The quantitative estimate of drug-likeness (QED) is 0.751. The molecule has 0 bridgehead atoms. The van der Waals surface area contributed by atoms with Crippen LogP contribution in [0.3, 0.4) is 0 Å². The lowest BCUT2D eigenvalue weighted by Gasteiger charge is -2.21. The Morgan fingerprint density at radius 1 is 1.25 bits per heavy atom. The molecule has 0 aliphatic carbocycles. The van der Waals surface area contributed by atoms with Crippen LogP contribution in [0.2, 0.25) is 0 Å². The minimum Gasteiger partial charge on any atom is -0.394 e. The summed E-state index contributed by atoms with van der Waals surface area (Å²) in [6.07, 6.45) is -4.62. The number of rotatable bonds is 6. The average molecular weight is 292 g/mol. The van der Waals surface area contributed by atoms with Gasteiger partial charge in [-0.15, -0.1) is 0 Å². The summed E-state index contributed by atoms with van der Waals surface area (Å²) in [6, 6.07) is 1.02. The van der Waals surface area contributed by atoms with Crippen molar-refractivity contribution in [1.82, 2.24) is 9.97 Å². The Morgan fingerprint density at radius 2 is 1.85 bits per heavy atom. The number of hydrogen-bond acceptors (Lipinski definition) is 5. The van der Waals surface area contributed by atoms with E-state index in [1.165, 1.54) is 6.07 Å². The van der Waals surface area contributed by atoms with Gasteiger partial charge in [0.1, 0.15) is 11.6 Å². The first-order valence-corrected chi connectivity index (χ1v) is 6.35. The van der Waals surface area contributed by atoms with Gasteiger partial charge in [0.2, 0.25) is 5.82 Å². The van der Waals surface area contributed by atoms with Crippen LogP contribution in [0.15, 0.2) is 6.07 Å². The van der Waals surface area contributed by atoms with Gasteiger partial charge in [0.25, 0.3) is 0 Å². The summed E-state index contributed by atoms with van der Waals surface area (Å²) < 4.78 is 38.2. The van der Waals surface area contributed by atoms with Gasteiger partial charge >= 0.3 is 6.18 Å². The van der Waals surface area contributed by atoms with Crippen LogP contribution in [0.25, 0.3) is 0 Å². The first-order valence-electron chi connectivity index (χ1n) is 6.35. The Balaban J connectivity index is 3.08. The highest BCUT2D eigenvalue weighted by atomic mass is 19.4. The van der Waals surface area contributed by atoms with Gasteiger partial charge < -0.3 is 15.7 Å². The summed E-state index contributed by atoms with van der Waals surface area (Å²) in [5, 5.41) is 14.7. The van der Waals surface area contributed by atoms with Crippen molar-refractivity contribution < 1.29 is 18.3 Å². The first kappa shape index (κ1) is 16.5. The lowest BCUT2D eigenvalue weighted by molar-refractivity contribution is -0.144. The van der Waals surface area contributed by atoms with Gasteiger partial charge in [-0.2, -0.15) is 13.2 Å². The van der Waals surface area contributed by atoms with Gasteiger partial charge in [-0.25, -0.2) is 9.97 Å². The Morgan fingerprint density at radius 3 is 2.30 bits per heavy atom. The summed E-state index contributed by atoms with van der Waals surface area (Å²) in [6.45, 7) is 5.71. The van der Waals surface area contributed by atoms with Gasteiger partial charge in [0.05, 0.1) is 12.6 Å². The van der Waals surface area contributed by atoms with Gasteiger partial charge in [0, 0.05) is 12.6 Å². The molecular formula is C12H19F3N4O. The second-order valence-electron chi connectivity index (χ2n) is 4.67. The van der Waals surface area contributed by atoms with Crippen LogP contribution in [0.5, 0.6) is 0 Å². The van der Waals surface area contributed by atoms with Crippen molar-refractivity contribution in [3.63, 3.8) is 0 Å². The molecule has 20 heavy (non-hydrogen) atoms. The second-order valence-corrected chi connectivity index (χ2v) is 4.67. The number of aliphatic hydroxyl groups is 1. The molecule has 5 nitrogen and oxygen atoms in total. The third kappa shape index (κ3) is 4.52. The molecule has 0 aliphatic rings. The van der Waals surface area contributed by atoms with Crippen LogP contribution < -0.4 is 10.6 Å². The number of aromatic nitrogens is 2. The van der Waals surface area contributed by atoms with E-state index in [9.17, 15) is 18.3 Å². The fourth-order valence-corrected chi connectivity index (χ4v) is 1.53. The van der Waals surface area contributed by atoms with Crippen LogP contribution in [-0.4, -0.2) is 34.3 Å². The molecule has 1 atom stereocenters. The van der Waals surface area contributed by atoms with E-state index in [-0.39, 0.29) is 30.2 Å². The highest BCUT2D eigenvalue weighted by Crippen LogP contribution is 2.28. The molecule has 0 aromatic carbocycles. The van der Waals surface area contributed by atoms with Gasteiger partial charge in [0.15, 0.2) is 0 Å². The highest BCUT2D eigenvalue weighted by molar-refractivity contribution is 5.48. The molecule has 8 heteroatoms. The number of nitrogens with zero attached hydrogens (tertiary/aromatic N) is 2. The number of hydrogen-bond donors (Lipinski definition) is 3. The third-order valence-corrected chi connectivity index (χ3v) is 2.67. The van der Waals surface area contributed by atoms with E-state index in [1.807, 2.05) is 13.8 Å². The normalized spacial score (nSPS) is 13.4. The third-order valence-electron chi connectivity index (χ3n) is 2.67. The molecule has 1 aromatic heterocycles. The molecule has 0 amide bonds. The maximum Gasteiger partial charge on any atom is 0.451 e. The molecule has 0 fully saturated rings. The summed E-state index contributed by atoms with van der Waals surface area (Å²) in [4.78, 5) is 6.88. The molecule has 0 aliphatic heterocycles. The molecule has 1 rings (SSSR count). The number of alkyl halides is 3. The van der Waals surface area contributed by atoms with E-state index in [0.717, 1.165) is 0 Å². The van der Waals surface area contributed by atoms with E-state index in [2.05, 4.69) is 20.6 Å². The van der Waals surface area contributed by atoms with E-state index in [4.69, 9.17) is 0 Å². The summed E-state index contributed by atoms with van der Waals surface area (Å²) >= 11 is 0. The van der Waals surface area contributed by atoms with E-state index < -0.39 is 12.0 Å². The Labute approximate surface area is 115 Å². The van der Waals surface area contributed by atoms with Crippen LogP contribution in [0.4, 0.5) is 24.8 Å². The second kappa shape index (κ2) is 6.74. The monoisotopic (exact) mass is 292 g/mol. The van der Waals surface area contributed by atoms with Crippen molar-refractivity contribution in [1.29, 1.82) is 0 Å². The van der Waals surface area contributed by atoms with Crippen molar-refractivity contribution in [2.24, 2.45) is 5.92 Å². The van der Waals surface area contributed by atoms with Gasteiger partial charge in [-0.3, -0.25) is 0 Å². The van der Waals surface area contributed by atoms with Crippen molar-refractivity contribution in [3.05, 3.63) is 11.9 Å². The maximum atomic E-state index is 12.7. The van der Waals surface area contributed by atoms with Crippen molar-refractivity contribution in [2.45, 2.75) is 33.0 Å². The van der Waals surface area contributed by atoms with Crippen molar-refractivity contribution >= 4 is 11.6 Å². The molecule has 3 N–H and O–H groups in total. The smallest absolute Gasteiger partial charge is 0.394 e. The van der Waals surface area contributed by atoms with Crippen molar-refractivity contribution in [2.75, 3.05) is 23.8 Å². The Bertz CT molecular complexity index is 437. The zero-order valence-corrected chi connectivity index (χ0v) is 11.6. The molecule has 1 heterocycles. The first-order chi connectivity index (χ1) is 9.27.